The number of amides is 2. The maximum atomic E-state index is 12.5. The average molecular weight is 395 g/mol. The Kier molecular flexibility index (Phi) is 8.28. The van der Waals surface area contributed by atoms with Crippen LogP contribution in [0.15, 0.2) is 17.5 Å². The Morgan fingerprint density at radius 1 is 1.11 bits per heavy atom. The van der Waals surface area contributed by atoms with Crippen molar-refractivity contribution < 1.29 is 19.1 Å². The van der Waals surface area contributed by atoms with E-state index in [4.69, 9.17) is 4.74 Å². The first-order chi connectivity index (χ1) is 12.9. The summed E-state index contributed by atoms with van der Waals surface area (Å²) < 4.78 is 5.36. The van der Waals surface area contributed by atoms with Crippen LogP contribution in [0.4, 0.5) is 0 Å². The van der Waals surface area contributed by atoms with Crippen LogP contribution in [0.5, 0.6) is 0 Å². The molecule has 2 N–H and O–H groups in total. The molecular weight excluding hydrogens is 364 g/mol. The zero-order chi connectivity index (χ0) is 19.8. The second kappa shape index (κ2) is 10.4. The molecule has 0 unspecified atom stereocenters. The minimum atomic E-state index is -0.888. The number of carbonyl (C=O) groups is 3. The molecule has 27 heavy (non-hydrogen) atoms. The van der Waals surface area contributed by atoms with Crippen molar-refractivity contribution in [2.45, 2.75) is 77.5 Å². The topological polar surface area (TPSA) is 84.5 Å². The van der Waals surface area contributed by atoms with E-state index in [9.17, 15) is 14.4 Å². The van der Waals surface area contributed by atoms with Gasteiger partial charge in [-0.15, -0.1) is 11.3 Å². The first-order valence-electron chi connectivity index (χ1n) is 9.73. The van der Waals surface area contributed by atoms with Crippen LogP contribution in [-0.4, -0.2) is 36.0 Å². The Balaban J connectivity index is 1.89. The summed E-state index contributed by atoms with van der Waals surface area (Å²) in [6, 6.07) is 2.83. The molecule has 0 bridgehead atoms. The zero-order valence-electron chi connectivity index (χ0n) is 16.3. The molecule has 1 fully saturated rings. The first kappa shape index (κ1) is 21.4. The fraction of sp³-hybridized carbons (Fsp3) is 0.650. The Morgan fingerprint density at radius 3 is 2.33 bits per heavy atom. The van der Waals surface area contributed by atoms with Crippen LogP contribution in [0.3, 0.4) is 0 Å². The van der Waals surface area contributed by atoms with Gasteiger partial charge in [0.1, 0.15) is 6.04 Å². The number of hydrogen-bond acceptors (Lipinski definition) is 5. The van der Waals surface area contributed by atoms with Crippen LogP contribution in [0, 0.1) is 5.92 Å². The maximum absolute atomic E-state index is 12.5. The van der Waals surface area contributed by atoms with Gasteiger partial charge in [0.15, 0.2) is 6.10 Å². The molecule has 0 saturated heterocycles. The lowest BCUT2D eigenvalue weighted by Gasteiger charge is -2.24. The lowest BCUT2D eigenvalue weighted by Crippen LogP contribution is -2.48. The molecule has 2 rings (SSSR count). The molecule has 1 aliphatic rings. The number of hydrogen-bond donors (Lipinski definition) is 2. The second-order valence-corrected chi connectivity index (χ2v) is 8.40. The second-order valence-electron chi connectivity index (χ2n) is 7.45. The largest absolute Gasteiger partial charge is 0.451 e. The highest BCUT2D eigenvalue weighted by Gasteiger charge is 2.30. The summed E-state index contributed by atoms with van der Waals surface area (Å²) >= 11 is 1.31. The lowest BCUT2D eigenvalue weighted by atomic mass is 10.0. The molecule has 0 radical (unpaired) electrons. The van der Waals surface area contributed by atoms with Gasteiger partial charge in [-0.3, -0.25) is 9.59 Å². The third kappa shape index (κ3) is 6.65. The third-order valence-electron chi connectivity index (χ3n) is 4.82. The number of thiophene rings is 1. The van der Waals surface area contributed by atoms with Crippen molar-refractivity contribution in [1.29, 1.82) is 0 Å². The van der Waals surface area contributed by atoms with Gasteiger partial charge >= 0.3 is 5.97 Å². The summed E-state index contributed by atoms with van der Waals surface area (Å²) in [6.07, 6.45) is 5.69. The molecule has 1 heterocycles. The van der Waals surface area contributed by atoms with Crippen LogP contribution in [0.2, 0.25) is 0 Å². The highest BCUT2D eigenvalue weighted by Crippen LogP contribution is 2.17. The van der Waals surface area contributed by atoms with Crippen LogP contribution in [0.25, 0.3) is 0 Å². The van der Waals surface area contributed by atoms with Gasteiger partial charge in [-0.2, -0.15) is 0 Å². The van der Waals surface area contributed by atoms with Crippen molar-refractivity contribution in [2.24, 2.45) is 5.92 Å². The predicted molar refractivity (Wildman–Crippen MR) is 106 cm³/mol. The predicted octanol–water partition coefficient (Wildman–Crippen LogP) is 3.27. The van der Waals surface area contributed by atoms with Gasteiger partial charge in [0.2, 0.25) is 0 Å². The molecule has 1 aliphatic carbocycles. The first-order valence-corrected chi connectivity index (χ1v) is 10.6. The highest BCUT2D eigenvalue weighted by atomic mass is 32.1. The van der Waals surface area contributed by atoms with Crippen molar-refractivity contribution in [3.05, 3.63) is 22.4 Å². The summed E-state index contributed by atoms with van der Waals surface area (Å²) in [5.74, 6) is -1.32. The van der Waals surface area contributed by atoms with Crippen molar-refractivity contribution in [3.8, 4) is 0 Å². The monoisotopic (exact) mass is 394 g/mol. The highest BCUT2D eigenvalue weighted by molar-refractivity contribution is 7.12. The molecule has 6 nitrogen and oxygen atoms in total. The summed E-state index contributed by atoms with van der Waals surface area (Å²) in [5.41, 5.74) is 0. The third-order valence-corrected chi connectivity index (χ3v) is 5.68. The summed E-state index contributed by atoms with van der Waals surface area (Å²) in [6.45, 7) is 5.23. The fourth-order valence-corrected chi connectivity index (χ4v) is 3.79. The van der Waals surface area contributed by atoms with E-state index in [1.165, 1.54) is 24.2 Å². The van der Waals surface area contributed by atoms with E-state index in [0.29, 0.717) is 4.88 Å². The number of esters is 1. The van der Waals surface area contributed by atoms with E-state index in [1.54, 1.807) is 24.4 Å². The van der Waals surface area contributed by atoms with Gasteiger partial charge in [0.05, 0.1) is 4.88 Å². The molecule has 1 aromatic heterocycles. The molecule has 1 saturated carbocycles. The van der Waals surface area contributed by atoms with E-state index in [1.807, 2.05) is 13.8 Å². The Hall–Kier alpha value is -1.89. The smallest absolute Gasteiger partial charge is 0.329 e. The van der Waals surface area contributed by atoms with E-state index in [-0.39, 0.29) is 23.8 Å². The van der Waals surface area contributed by atoms with Gasteiger partial charge in [-0.1, -0.05) is 45.6 Å². The van der Waals surface area contributed by atoms with Crippen LogP contribution in [0.1, 0.15) is 69.0 Å². The van der Waals surface area contributed by atoms with E-state index in [2.05, 4.69) is 10.6 Å². The number of carbonyl (C=O) groups excluding carboxylic acids is 3. The van der Waals surface area contributed by atoms with Crippen LogP contribution in [-0.2, 0) is 14.3 Å². The minimum absolute atomic E-state index is 0.153. The van der Waals surface area contributed by atoms with Crippen molar-refractivity contribution in [2.75, 3.05) is 0 Å². The van der Waals surface area contributed by atoms with E-state index >= 15 is 0 Å². The van der Waals surface area contributed by atoms with Crippen molar-refractivity contribution in [3.63, 3.8) is 0 Å². The van der Waals surface area contributed by atoms with Gasteiger partial charge in [-0.05, 0) is 37.1 Å². The van der Waals surface area contributed by atoms with E-state index in [0.717, 1.165) is 25.7 Å². The SMILES string of the molecule is CC(C)[C@@H](NC(=O)c1cccs1)C(=O)O[C@H](C)C(=O)NC1CCCCCC1. The molecule has 0 spiro atoms. The van der Waals surface area contributed by atoms with Crippen LogP contribution < -0.4 is 10.6 Å². The Bertz CT molecular complexity index is 622. The van der Waals surface area contributed by atoms with E-state index < -0.39 is 18.1 Å². The fourth-order valence-electron chi connectivity index (χ4n) is 3.16. The molecular formula is C20H30N2O4S. The minimum Gasteiger partial charge on any atom is -0.451 e. The number of rotatable bonds is 7. The average Bonchev–Trinajstić information content (AvgIpc) is 3.04. The van der Waals surface area contributed by atoms with Crippen molar-refractivity contribution in [1.82, 2.24) is 10.6 Å². The molecule has 7 heteroatoms. The summed E-state index contributed by atoms with van der Waals surface area (Å²) in [5, 5.41) is 7.51. The molecule has 1 aromatic rings. The maximum Gasteiger partial charge on any atom is 0.329 e. The Morgan fingerprint density at radius 2 is 1.78 bits per heavy atom. The molecule has 2 amide bonds. The Labute approximate surface area is 165 Å². The normalized spacial score (nSPS) is 17.6. The standard InChI is InChI=1S/C20H30N2O4S/c1-13(2)17(22-19(24)16-11-8-12-27-16)20(25)26-14(3)18(23)21-15-9-6-4-5-7-10-15/h8,11-15,17H,4-7,9-10H2,1-3H3,(H,21,23)(H,22,24)/t14-,17-/m1/s1. The summed E-state index contributed by atoms with van der Waals surface area (Å²) in [7, 11) is 0. The van der Waals surface area contributed by atoms with Gasteiger partial charge in [-0.25, -0.2) is 4.79 Å². The number of ether oxygens (including phenoxy) is 1. The van der Waals surface area contributed by atoms with Gasteiger partial charge < -0.3 is 15.4 Å². The quantitative estimate of drug-likeness (QED) is 0.549. The van der Waals surface area contributed by atoms with Crippen molar-refractivity contribution >= 4 is 29.1 Å². The summed E-state index contributed by atoms with van der Waals surface area (Å²) in [4.78, 5) is 37.7. The zero-order valence-corrected chi connectivity index (χ0v) is 17.1. The van der Waals surface area contributed by atoms with Crippen LogP contribution >= 0.6 is 11.3 Å². The molecule has 2 atom stereocenters. The van der Waals surface area contributed by atoms with Gasteiger partial charge in [0.25, 0.3) is 11.8 Å². The number of nitrogens with one attached hydrogen (secondary N) is 2. The molecule has 150 valence electrons. The molecule has 0 aromatic carbocycles. The molecule has 0 aliphatic heterocycles. The lowest BCUT2D eigenvalue weighted by molar-refractivity contribution is -0.157. The van der Waals surface area contributed by atoms with Gasteiger partial charge in [0, 0.05) is 6.04 Å².